The third kappa shape index (κ3) is 182. The van der Waals surface area contributed by atoms with Crippen LogP contribution in [0, 0.1) is 44.1 Å². The molecule has 0 N–H and O–H groups in total. The fraction of sp³-hybridized carbons (Fsp3) is 0. The summed E-state index contributed by atoms with van der Waals surface area (Å²) in [6.45, 7) is 9.50. The minimum absolute atomic E-state index is 0. The zero-order valence-corrected chi connectivity index (χ0v) is 8.03. The monoisotopic (exact) mass is 208 g/mol. The molecule has 0 aromatic carbocycles. The van der Waals surface area contributed by atoms with Gasteiger partial charge in [-0.05, 0) is 0 Å². The van der Waals surface area contributed by atoms with Gasteiger partial charge in [0.15, 0.2) is 0 Å². The molecule has 0 aliphatic carbocycles. The standard InChI is InChI=1S/C2N2Se.2CN.Mg/c3-1-5-2-4;2*1-2;/q;2*-1;+2. The third-order valence-electron chi connectivity index (χ3n) is 0.0913. The van der Waals surface area contributed by atoms with E-state index in [1.807, 2.05) is 0 Å². The smallest absolute Gasteiger partial charge is 0.512 e. The fourth-order valence-corrected chi connectivity index (χ4v) is 0.106. The van der Waals surface area contributed by atoms with Crippen LogP contribution < -0.4 is 0 Å². The Kier molecular flexibility index (Phi) is 196. The zero-order valence-electron chi connectivity index (χ0n) is 4.90. The Morgan fingerprint density at radius 2 is 1.10 bits per heavy atom. The maximum Gasteiger partial charge on any atom is 2.00 e. The molecule has 0 radical (unpaired) electrons. The van der Waals surface area contributed by atoms with E-state index in [0.29, 0.717) is 0 Å². The summed E-state index contributed by atoms with van der Waals surface area (Å²) in [6.07, 6.45) is 0. The van der Waals surface area contributed by atoms with Crippen LogP contribution in [0.5, 0.6) is 0 Å². The van der Waals surface area contributed by atoms with Crippen molar-refractivity contribution in [3.05, 3.63) is 13.1 Å². The SMILES string of the molecule is N#C[Se]C#N.[C-]#N.[C-]#N.[Mg+2]. The Hall–Kier alpha value is -0.754. The average molecular weight is 207 g/mol. The van der Waals surface area contributed by atoms with Crippen molar-refractivity contribution in [3.63, 3.8) is 0 Å². The summed E-state index contributed by atoms with van der Waals surface area (Å²) in [7, 11) is 0. The summed E-state index contributed by atoms with van der Waals surface area (Å²) in [5.41, 5.74) is 0. The van der Waals surface area contributed by atoms with Gasteiger partial charge in [-0.2, -0.15) is 0 Å². The summed E-state index contributed by atoms with van der Waals surface area (Å²) in [5.74, 6) is 0. The second-order valence-electron chi connectivity index (χ2n) is 0.285. The van der Waals surface area contributed by atoms with E-state index in [2.05, 4.69) is 0 Å². The quantitative estimate of drug-likeness (QED) is 0.394. The summed E-state index contributed by atoms with van der Waals surface area (Å²) < 4.78 is 0. The first-order valence-corrected chi connectivity index (χ1v) is 3.02. The molecule has 0 heterocycles. The van der Waals surface area contributed by atoms with Crippen molar-refractivity contribution < 1.29 is 0 Å². The molecule has 0 saturated carbocycles. The minimum Gasteiger partial charge on any atom is -0.512 e. The molecule has 0 amide bonds. The average Bonchev–Trinajstić information content (AvgIpc) is 1.98. The van der Waals surface area contributed by atoms with Gasteiger partial charge in [-0.15, -0.1) is 0 Å². The summed E-state index contributed by atoms with van der Waals surface area (Å²) in [5, 5.41) is 27.7. The molecule has 44 valence electrons. The van der Waals surface area contributed by atoms with Gasteiger partial charge in [-0.1, -0.05) is 0 Å². The van der Waals surface area contributed by atoms with Crippen molar-refractivity contribution >= 4 is 38.0 Å². The fourth-order valence-electron chi connectivity index (χ4n) is 0.0204. The van der Waals surface area contributed by atoms with Crippen LogP contribution in [0.1, 0.15) is 0 Å². The van der Waals surface area contributed by atoms with E-state index in [-0.39, 0.29) is 23.1 Å². The molecule has 6 heteroatoms. The maximum atomic E-state index is 7.62. The van der Waals surface area contributed by atoms with Crippen LogP contribution >= 0.6 is 0 Å². The number of nitrogens with zero attached hydrogens (tertiary/aromatic N) is 4. The molecule has 0 bridgehead atoms. The van der Waals surface area contributed by atoms with Crippen molar-refractivity contribution in [3.8, 4) is 9.94 Å². The molecule has 0 fully saturated rings. The van der Waals surface area contributed by atoms with Crippen LogP contribution in [-0.2, 0) is 0 Å². The summed E-state index contributed by atoms with van der Waals surface area (Å²) in [6, 6.07) is 0. The summed E-state index contributed by atoms with van der Waals surface area (Å²) >= 11 is -0.431. The predicted molar refractivity (Wildman–Crippen MR) is 32.7 cm³/mol. The Labute approximate surface area is 82.0 Å². The van der Waals surface area contributed by atoms with Crippen molar-refractivity contribution in [2.45, 2.75) is 0 Å². The molecular weight excluding hydrogens is 207 g/mol. The molecule has 0 rings (SSSR count). The molecule has 0 aliphatic rings. The number of hydrogen-bond acceptors (Lipinski definition) is 4. The number of nitriles is 2. The topological polar surface area (TPSA) is 95.2 Å². The van der Waals surface area contributed by atoms with E-state index < -0.39 is 15.0 Å². The first kappa shape index (κ1) is 22.8. The van der Waals surface area contributed by atoms with Crippen LogP contribution in [0.15, 0.2) is 0 Å². The van der Waals surface area contributed by atoms with Gasteiger partial charge < -0.3 is 23.7 Å². The van der Waals surface area contributed by atoms with Gasteiger partial charge in [0.25, 0.3) is 0 Å². The molecular formula is C4MgN4Se. The molecule has 4 nitrogen and oxygen atoms in total. The van der Waals surface area contributed by atoms with Gasteiger partial charge in [-0.25, -0.2) is 0 Å². The molecule has 0 aromatic heterocycles. The minimum atomic E-state index is -0.431. The van der Waals surface area contributed by atoms with E-state index in [4.69, 9.17) is 34.2 Å². The molecule has 10 heavy (non-hydrogen) atoms. The Morgan fingerprint density at radius 1 is 0.900 bits per heavy atom. The normalized spacial score (nSPS) is 2.60. The van der Waals surface area contributed by atoms with Crippen molar-refractivity contribution in [1.82, 2.24) is 0 Å². The molecule has 0 atom stereocenters. The van der Waals surface area contributed by atoms with E-state index >= 15 is 0 Å². The second-order valence-corrected chi connectivity index (χ2v) is 1.48. The van der Waals surface area contributed by atoms with Crippen LogP contribution in [0.4, 0.5) is 0 Å². The Morgan fingerprint density at radius 3 is 1.10 bits per heavy atom. The van der Waals surface area contributed by atoms with E-state index in [1.54, 1.807) is 9.94 Å². The molecule has 0 unspecified atom stereocenters. The van der Waals surface area contributed by atoms with Crippen LogP contribution in [0.2, 0.25) is 0 Å². The van der Waals surface area contributed by atoms with Gasteiger partial charge in [0.2, 0.25) is 0 Å². The molecule has 0 spiro atoms. The van der Waals surface area contributed by atoms with Crippen molar-refractivity contribution in [2.75, 3.05) is 0 Å². The second kappa shape index (κ2) is 85.8. The number of rotatable bonds is 0. The van der Waals surface area contributed by atoms with Crippen LogP contribution in [0.25, 0.3) is 0 Å². The first-order valence-electron chi connectivity index (χ1n) is 1.30. The van der Waals surface area contributed by atoms with Gasteiger partial charge in [0, 0.05) is 0 Å². The van der Waals surface area contributed by atoms with E-state index in [1.165, 1.54) is 0 Å². The van der Waals surface area contributed by atoms with E-state index in [9.17, 15) is 0 Å². The zero-order chi connectivity index (χ0) is 8.12. The Bertz CT molecular complexity index is 132. The van der Waals surface area contributed by atoms with Gasteiger partial charge in [0.1, 0.15) is 0 Å². The molecule has 0 saturated heterocycles. The Balaban J connectivity index is -0.0000000315. The molecule has 0 aromatic rings. The van der Waals surface area contributed by atoms with Crippen molar-refractivity contribution in [1.29, 1.82) is 21.0 Å². The third-order valence-corrected chi connectivity index (χ3v) is 0.474. The van der Waals surface area contributed by atoms with Crippen LogP contribution in [-0.4, -0.2) is 38.0 Å². The van der Waals surface area contributed by atoms with Gasteiger partial charge in [-0.3, -0.25) is 0 Å². The van der Waals surface area contributed by atoms with Crippen LogP contribution in [0.3, 0.4) is 0 Å². The van der Waals surface area contributed by atoms with Gasteiger partial charge in [0.05, 0.1) is 0 Å². The summed E-state index contributed by atoms with van der Waals surface area (Å²) in [4.78, 5) is 3.44. The largest absolute Gasteiger partial charge is 2.00 e. The molecule has 0 aliphatic heterocycles. The predicted octanol–water partition coefficient (Wildman–Crippen LogP) is -0.535. The number of hydrogen-bond donors (Lipinski definition) is 0. The first-order chi connectivity index (χ1) is 4.41. The van der Waals surface area contributed by atoms with E-state index in [0.717, 1.165) is 0 Å². The van der Waals surface area contributed by atoms with Gasteiger partial charge >= 0.3 is 58.5 Å². The van der Waals surface area contributed by atoms with Crippen molar-refractivity contribution in [2.24, 2.45) is 0 Å². The maximum absolute atomic E-state index is 7.62.